The quantitative estimate of drug-likeness (QED) is 0.0790. The number of benzene rings is 2. The number of ether oxygens (including phenoxy) is 3. The van der Waals surface area contributed by atoms with Gasteiger partial charge in [-0.2, -0.15) is 0 Å². The zero-order chi connectivity index (χ0) is 27.3. The van der Waals surface area contributed by atoms with Crippen molar-refractivity contribution in [3.63, 3.8) is 0 Å². The lowest BCUT2D eigenvalue weighted by Crippen LogP contribution is -2.37. The maximum absolute atomic E-state index is 12.4. The summed E-state index contributed by atoms with van der Waals surface area (Å²) >= 11 is 1.58. The van der Waals surface area contributed by atoms with Crippen LogP contribution >= 0.6 is 11.3 Å². The molecule has 3 aromatic rings. The third kappa shape index (κ3) is 9.55. The number of rotatable bonds is 15. The Morgan fingerprint density at radius 2 is 1.79 bits per heavy atom. The number of amides is 1. The number of thiophene rings is 1. The molecule has 0 saturated carbocycles. The zero-order valence-corrected chi connectivity index (χ0v) is 22.2. The average Bonchev–Trinajstić information content (AvgIpc) is 3.40. The molecule has 38 heavy (non-hydrogen) atoms. The number of fused-ring (bicyclic) bond motifs is 1. The Morgan fingerprint density at radius 3 is 2.55 bits per heavy atom. The first-order valence-corrected chi connectivity index (χ1v) is 13.3. The lowest BCUT2D eigenvalue weighted by molar-refractivity contribution is -0.757. The molecule has 1 heterocycles. The van der Waals surface area contributed by atoms with Crippen LogP contribution in [0.1, 0.15) is 56.9 Å². The number of nitrogens with one attached hydrogen (secondary N) is 1. The molecule has 0 fully saturated rings. The molecule has 10 nitrogen and oxygen atoms in total. The predicted octanol–water partition coefficient (Wildman–Crippen LogP) is 6.18. The number of nitrogens with zero attached hydrogens (tertiary/aromatic N) is 1. The lowest BCUT2D eigenvalue weighted by atomic mass is 10.1. The van der Waals surface area contributed by atoms with Crippen LogP contribution in [-0.2, 0) is 19.1 Å². The van der Waals surface area contributed by atoms with Crippen molar-refractivity contribution in [1.82, 2.24) is 5.32 Å². The molecule has 0 saturated heterocycles. The van der Waals surface area contributed by atoms with E-state index in [4.69, 9.17) is 14.2 Å². The molecule has 11 heteroatoms. The first-order chi connectivity index (χ1) is 18.3. The topological polar surface area (TPSA) is 126 Å². The summed E-state index contributed by atoms with van der Waals surface area (Å²) in [5.74, 6) is 0.247. The van der Waals surface area contributed by atoms with E-state index in [1.54, 1.807) is 11.3 Å². The van der Waals surface area contributed by atoms with Crippen LogP contribution in [0.2, 0.25) is 0 Å². The molecule has 2 unspecified atom stereocenters. The van der Waals surface area contributed by atoms with Crippen LogP contribution in [0.5, 0.6) is 5.75 Å². The summed E-state index contributed by atoms with van der Waals surface area (Å²) in [5, 5.41) is 16.1. The lowest BCUT2D eigenvalue weighted by Gasteiger charge is -2.23. The Bertz CT molecular complexity index is 1180. The van der Waals surface area contributed by atoms with Gasteiger partial charge in [-0.25, -0.2) is 4.79 Å². The minimum atomic E-state index is -1.06. The third-order valence-corrected chi connectivity index (χ3v) is 6.57. The first kappa shape index (κ1) is 28.7. The molecule has 3 atom stereocenters. The highest BCUT2D eigenvalue weighted by Gasteiger charge is 2.22. The summed E-state index contributed by atoms with van der Waals surface area (Å²) in [6.45, 7) is 3.30. The van der Waals surface area contributed by atoms with E-state index >= 15 is 0 Å². The minimum Gasteiger partial charge on any atom is -0.484 e. The number of hydrogen-bond donors (Lipinski definition) is 1. The van der Waals surface area contributed by atoms with Crippen molar-refractivity contribution >= 4 is 34.2 Å². The summed E-state index contributed by atoms with van der Waals surface area (Å²) < 4.78 is 16.7. The fourth-order valence-corrected chi connectivity index (χ4v) is 4.64. The number of carbonyl (C=O) groups excluding carboxylic acids is 2. The molecule has 0 bridgehead atoms. The largest absolute Gasteiger partial charge is 0.484 e. The highest BCUT2D eigenvalue weighted by molar-refractivity contribution is 7.10. The molecule has 0 aliphatic rings. The summed E-state index contributed by atoms with van der Waals surface area (Å²) in [6, 6.07) is 17.6. The van der Waals surface area contributed by atoms with Crippen LogP contribution in [0, 0.1) is 10.1 Å². The number of esters is 1. The fourth-order valence-electron chi connectivity index (χ4n) is 3.87. The van der Waals surface area contributed by atoms with Gasteiger partial charge in [0.15, 0.2) is 0 Å². The molecule has 3 rings (SSSR count). The van der Waals surface area contributed by atoms with Crippen molar-refractivity contribution in [2.45, 2.75) is 64.4 Å². The van der Waals surface area contributed by atoms with Gasteiger partial charge in [-0.3, -0.25) is 4.79 Å². The van der Waals surface area contributed by atoms with E-state index in [0.29, 0.717) is 25.7 Å². The van der Waals surface area contributed by atoms with Crippen molar-refractivity contribution in [2.75, 3.05) is 6.61 Å². The van der Waals surface area contributed by atoms with E-state index in [1.165, 1.54) is 6.92 Å². The molecular formula is C27H32N2O8S. The van der Waals surface area contributed by atoms with E-state index < -0.39 is 23.4 Å². The van der Waals surface area contributed by atoms with Crippen LogP contribution in [-0.4, -0.2) is 36.1 Å². The van der Waals surface area contributed by atoms with Gasteiger partial charge in [0, 0.05) is 36.1 Å². The van der Waals surface area contributed by atoms with Gasteiger partial charge in [0.1, 0.15) is 11.9 Å². The van der Waals surface area contributed by atoms with E-state index in [9.17, 15) is 19.7 Å². The fraction of sp³-hybridized carbons (Fsp3) is 0.407. The number of carbonyl (C=O) groups is 2. The minimum absolute atomic E-state index is 0.0137. The van der Waals surface area contributed by atoms with E-state index in [-0.39, 0.29) is 25.2 Å². The average molecular weight is 545 g/mol. The van der Waals surface area contributed by atoms with Gasteiger partial charge in [0.2, 0.25) is 6.29 Å². The molecule has 0 spiro atoms. The second-order valence-corrected chi connectivity index (χ2v) is 9.69. The number of unbranched alkanes of at least 4 members (excludes halogenated alkanes) is 2. The Morgan fingerprint density at radius 1 is 1.00 bits per heavy atom. The molecular weight excluding hydrogens is 512 g/mol. The first-order valence-electron chi connectivity index (χ1n) is 12.4. The van der Waals surface area contributed by atoms with E-state index in [2.05, 4.69) is 10.2 Å². The monoisotopic (exact) mass is 544 g/mol. The molecule has 1 aromatic heterocycles. The Labute approximate surface area is 224 Å². The van der Waals surface area contributed by atoms with Crippen molar-refractivity contribution in [3.8, 4) is 5.75 Å². The van der Waals surface area contributed by atoms with Gasteiger partial charge in [0.05, 0.1) is 6.61 Å². The Kier molecular flexibility index (Phi) is 11.2. The van der Waals surface area contributed by atoms with Gasteiger partial charge >= 0.3 is 12.1 Å². The maximum atomic E-state index is 12.4. The number of hydrogen-bond acceptors (Lipinski definition) is 9. The summed E-state index contributed by atoms with van der Waals surface area (Å²) in [5.41, 5.74) is 0. The van der Waals surface area contributed by atoms with Gasteiger partial charge in [-0.1, -0.05) is 48.9 Å². The molecule has 0 aliphatic heterocycles. The van der Waals surface area contributed by atoms with Gasteiger partial charge in [-0.15, -0.1) is 21.5 Å². The van der Waals surface area contributed by atoms with Crippen molar-refractivity contribution in [1.29, 1.82) is 0 Å². The Balaban J connectivity index is 1.46. The number of alkyl carbamates (subject to hydrolysis) is 1. The Hall–Kier alpha value is -3.86. The van der Waals surface area contributed by atoms with Crippen LogP contribution < -0.4 is 10.1 Å². The SMILES string of the molecule is CC(C[C@H](Oc1cccc2ccccc12)c1cccs1)NC(=O)OC(C)OC(=O)CCCCCO[N+](=O)[O-]. The normalized spacial score (nSPS) is 13.2. The molecule has 0 radical (unpaired) electrons. The van der Waals surface area contributed by atoms with E-state index in [0.717, 1.165) is 21.4 Å². The molecule has 1 amide bonds. The van der Waals surface area contributed by atoms with Crippen molar-refractivity contribution in [2.24, 2.45) is 0 Å². The molecule has 0 aliphatic carbocycles. The van der Waals surface area contributed by atoms with Crippen LogP contribution in [0.25, 0.3) is 10.8 Å². The highest BCUT2D eigenvalue weighted by Crippen LogP contribution is 2.33. The molecule has 204 valence electrons. The molecule has 1 N–H and O–H groups in total. The highest BCUT2D eigenvalue weighted by atomic mass is 32.1. The van der Waals surface area contributed by atoms with E-state index in [1.807, 2.05) is 66.9 Å². The maximum Gasteiger partial charge on any atom is 0.410 e. The zero-order valence-electron chi connectivity index (χ0n) is 21.4. The third-order valence-electron chi connectivity index (χ3n) is 5.60. The smallest absolute Gasteiger partial charge is 0.410 e. The summed E-state index contributed by atoms with van der Waals surface area (Å²) in [4.78, 5) is 39.7. The predicted molar refractivity (Wildman–Crippen MR) is 142 cm³/mol. The second-order valence-electron chi connectivity index (χ2n) is 8.71. The van der Waals surface area contributed by atoms with Crippen molar-refractivity contribution in [3.05, 3.63) is 75.0 Å². The molecule has 2 aromatic carbocycles. The summed E-state index contributed by atoms with van der Waals surface area (Å²) in [7, 11) is 0. The van der Waals surface area contributed by atoms with Gasteiger partial charge in [0.25, 0.3) is 5.09 Å². The second kappa shape index (κ2) is 14.8. The summed E-state index contributed by atoms with van der Waals surface area (Å²) in [6.07, 6.45) is 0.0568. The standard InChI is InChI=1S/C27H32N2O8S/c1-19(28-27(31)36-20(2)35-26(30)15-4-3-7-16-34-29(32)33)18-24(25-14-9-17-38-25)37-23-13-8-11-21-10-5-6-12-22(21)23/h5-6,8-14,17,19-20,24H,3-4,7,15-16,18H2,1-2H3,(H,28,31)/t19?,20?,24-/m0/s1. The van der Waals surface area contributed by atoms with Crippen LogP contribution in [0.4, 0.5) is 4.79 Å². The van der Waals surface area contributed by atoms with Crippen LogP contribution in [0.15, 0.2) is 60.0 Å². The van der Waals surface area contributed by atoms with Crippen LogP contribution in [0.3, 0.4) is 0 Å². The van der Waals surface area contributed by atoms with Gasteiger partial charge in [-0.05, 0) is 42.7 Å². The van der Waals surface area contributed by atoms with Crippen molar-refractivity contribution < 1.29 is 33.7 Å². The van der Waals surface area contributed by atoms with Gasteiger partial charge < -0.3 is 24.4 Å².